The summed E-state index contributed by atoms with van der Waals surface area (Å²) in [7, 11) is 1.79. The number of benzene rings is 1. The van der Waals surface area contributed by atoms with Crippen molar-refractivity contribution in [3.8, 4) is 0 Å². The van der Waals surface area contributed by atoms with E-state index < -0.39 is 0 Å². The summed E-state index contributed by atoms with van der Waals surface area (Å²) in [6, 6.07) is 5.64. The molecule has 1 aromatic carbocycles. The molecule has 5 nitrogen and oxygen atoms in total. The normalized spacial score (nSPS) is 18.0. The third-order valence-electron chi connectivity index (χ3n) is 4.04. The van der Waals surface area contributed by atoms with Gasteiger partial charge in [0.1, 0.15) is 0 Å². The van der Waals surface area contributed by atoms with Crippen LogP contribution >= 0.6 is 23.2 Å². The Bertz CT molecular complexity index is 701. The van der Waals surface area contributed by atoms with E-state index >= 15 is 0 Å². The second-order valence-corrected chi connectivity index (χ2v) is 6.26. The van der Waals surface area contributed by atoms with Crippen molar-refractivity contribution in [1.82, 2.24) is 19.9 Å². The van der Waals surface area contributed by atoms with Gasteiger partial charge in [-0.25, -0.2) is 0 Å². The van der Waals surface area contributed by atoms with Crippen molar-refractivity contribution >= 4 is 29.1 Å². The number of hydrogen-bond acceptors (Lipinski definition) is 3. The highest BCUT2D eigenvalue weighted by molar-refractivity contribution is 6.42. The number of hydrogen-bond donors (Lipinski definition) is 0. The Morgan fingerprint density at radius 1 is 1.36 bits per heavy atom. The second-order valence-electron chi connectivity index (χ2n) is 5.44. The first-order valence-corrected chi connectivity index (χ1v) is 7.90. The second kappa shape index (κ2) is 6.26. The Morgan fingerprint density at radius 3 is 2.86 bits per heavy atom. The number of rotatable bonds is 3. The molecule has 0 N–H and O–H groups in total. The van der Waals surface area contributed by atoms with E-state index in [0.717, 1.165) is 30.6 Å². The van der Waals surface area contributed by atoms with Crippen molar-refractivity contribution in [3.63, 3.8) is 0 Å². The zero-order valence-corrected chi connectivity index (χ0v) is 13.7. The van der Waals surface area contributed by atoms with Crippen LogP contribution in [0.1, 0.15) is 30.1 Å². The van der Waals surface area contributed by atoms with Gasteiger partial charge in [-0.05, 0) is 30.5 Å². The lowest BCUT2D eigenvalue weighted by atomic mass is 10.0. The number of carbonyl (C=O) groups is 1. The molecule has 0 bridgehead atoms. The zero-order chi connectivity index (χ0) is 15.7. The largest absolute Gasteiger partial charge is 0.335 e. The van der Waals surface area contributed by atoms with Gasteiger partial charge in [0.05, 0.1) is 34.4 Å². The van der Waals surface area contributed by atoms with Crippen molar-refractivity contribution in [1.29, 1.82) is 0 Å². The van der Waals surface area contributed by atoms with E-state index in [2.05, 4.69) is 10.3 Å². The van der Waals surface area contributed by atoms with Gasteiger partial charge >= 0.3 is 0 Å². The maximum atomic E-state index is 12.6. The van der Waals surface area contributed by atoms with E-state index in [0.29, 0.717) is 16.5 Å². The van der Waals surface area contributed by atoms with E-state index in [1.165, 1.54) is 0 Å². The fourth-order valence-corrected chi connectivity index (χ4v) is 3.17. The number of amides is 1. The quantitative estimate of drug-likeness (QED) is 0.864. The summed E-state index contributed by atoms with van der Waals surface area (Å²) >= 11 is 12.1. The fraction of sp³-hybridized carbons (Fsp3) is 0.400. The molecule has 1 aromatic heterocycles. The Balaban J connectivity index is 1.79. The van der Waals surface area contributed by atoms with Crippen molar-refractivity contribution in [3.05, 3.63) is 45.7 Å². The van der Waals surface area contributed by atoms with Crippen molar-refractivity contribution in [2.24, 2.45) is 7.05 Å². The minimum absolute atomic E-state index is 0.0588. The first-order chi connectivity index (χ1) is 10.6. The molecular formula is C15H16Cl2N4O. The summed E-state index contributed by atoms with van der Waals surface area (Å²) in [6.45, 7) is 0.759. The third kappa shape index (κ3) is 2.96. The molecule has 1 saturated heterocycles. The standard InChI is InChI=1S/C15H16Cl2N4O/c1-20-11(9-18-19-20)8-15(22)21-6-2-3-14(21)10-4-5-12(16)13(17)7-10/h4-5,7,9,14H,2-3,6,8H2,1H3. The molecule has 0 spiro atoms. The maximum absolute atomic E-state index is 12.6. The van der Waals surface area contributed by atoms with Crippen LogP contribution in [0, 0.1) is 0 Å². The van der Waals surface area contributed by atoms with E-state index in [4.69, 9.17) is 23.2 Å². The van der Waals surface area contributed by atoms with Gasteiger partial charge < -0.3 is 4.90 Å². The fourth-order valence-electron chi connectivity index (χ4n) is 2.86. The molecule has 0 aliphatic carbocycles. The molecule has 1 amide bonds. The van der Waals surface area contributed by atoms with E-state index in [1.54, 1.807) is 24.0 Å². The summed E-state index contributed by atoms with van der Waals surface area (Å²) in [6.07, 6.45) is 3.86. The van der Waals surface area contributed by atoms with Crippen LogP contribution in [0.15, 0.2) is 24.4 Å². The topological polar surface area (TPSA) is 51.0 Å². The zero-order valence-electron chi connectivity index (χ0n) is 12.2. The van der Waals surface area contributed by atoms with Crippen molar-refractivity contribution in [2.75, 3.05) is 6.54 Å². The molecule has 22 heavy (non-hydrogen) atoms. The maximum Gasteiger partial charge on any atom is 0.229 e. The molecule has 2 aromatic rings. The summed E-state index contributed by atoms with van der Waals surface area (Å²) in [5, 5.41) is 8.72. The molecule has 3 rings (SSSR count). The van der Waals surface area contributed by atoms with E-state index in [9.17, 15) is 4.79 Å². The molecular weight excluding hydrogens is 323 g/mol. The van der Waals surface area contributed by atoms with Crippen LogP contribution in [-0.2, 0) is 18.3 Å². The van der Waals surface area contributed by atoms with E-state index in [-0.39, 0.29) is 11.9 Å². The summed E-state index contributed by atoms with van der Waals surface area (Å²) < 4.78 is 1.63. The molecule has 0 saturated carbocycles. The van der Waals surface area contributed by atoms with Gasteiger partial charge in [0.2, 0.25) is 5.91 Å². The Labute approximate surface area is 138 Å². The van der Waals surface area contributed by atoms with Gasteiger partial charge in [0.25, 0.3) is 0 Å². The Kier molecular flexibility index (Phi) is 4.36. The van der Waals surface area contributed by atoms with Gasteiger partial charge in [-0.1, -0.05) is 34.5 Å². The lowest BCUT2D eigenvalue weighted by Gasteiger charge is -2.25. The number of likely N-dealkylation sites (tertiary alicyclic amines) is 1. The first kappa shape index (κ1) is 15.3. The van der Waals surface area contributed by atoms with Gasteiger partial charge in [0.15, 0.2) is 0 Å². The number of aryl methyl sites for hydroxylation is 1. The monoisotopic (exact) mass is 338 g/mol. The highest BCUT2D eigenvalue weighted by Gasteiger charge is 2.30. The van der Waals surface area contributed by atoms with Crippen LogP contribution in [0.2, 0.25) is 10.0 Å². The molecule has 1 aliphatic rings. The van der Waals surface area contributed by atoms with E-state index in [1.807, 2.05) is 17.0 Å². The molecule has 1 fully saturated rings. The third-order valence-corrected chi connectivity index (χ3v) is 4.78. The summed E-state index contributed by atoms with van der Waals surface area (Å²) in [5.74, 6) is 0.0824. The minimum Gasteiger partial charge on any atom is -0.335 e. The lowest BCUT2D eigenvalue weighted by molar-refractivity contribution is -0.131. The Hall–Kier alpha value is -1.59. The number of carbonyl (C=O) groups excluding carboxylic acids is 1. The van der Waals surface area contributed by atoms with Crippen LogP contribution in [-0.4, -0.2) is 32.3 Å². The van der Waals surface area contributed by atoms with Crippen LogP contribution < -0.4 is 0 Å². The van der Waals surface area contributed by atoms with Crippen molar-refractivity contribution < 1.29 is 4.79 Å². The van der Waals surface area contributed by atoms with Gasteiger partial charge in [-0.2, -0.15) is 0 Å². The molecule has 0 radical (unpaired) electrons. The minimum atomic E-state index is 0.0588. The number of nitrogens with zero attached hydrogens (tertiary/aromatic N) is 4. The first-order valence-electron chi connectivity index (χ1n) is 7.14. The molecule has 2 heterocycles. The molecule has 116 valence electrons. The molecule has 1 atom stereocenters. The molecule has 1 aliphatic heterocycles. The molecule has 1 unspecified atom stereocenters. The smallest absolute Gasteiger partial charge is 0.229 e. The molecule has 7 heteroatoms. The summed E-state index contributed by atoms with van der Waals surface area (Å²) in [5.41, 5.74) is 1.84. The van der Waals surface area contributed by atoms with Crippen LogP contribution in [0.5, 0.6) is 0 Å². The average Bonchev–Trinajstić information content (AvgIpc) is 3.12. The van der Waals surface area contributed by atoms with Gasteiger partial charge in [-0.15, -0.1) is 5.10 Å². The van der Waals surface area contributed by atoms with Crippen molar-refractivity contribution in [2.45, 2.75) is 25.3 Å². The predicted octanol–water partition coefficient (Wildman–Crippen LogP) is 3.03. The number of halogens is 2. The highest BCUT2D eigenvalue weighted by atomic mass is 35.5. The van der Waals surface area contributed by atoms with Gasteiger partial charge in [0, 0.05) is 13.6 Å². The Morgan fingerprint density at radius 2 is 2.18 bits per heavy atom. The van der Waals surface area contributed by atoms with Crippen LogP contribution in [0.4, 0.5) is 0 Å². The lowest BCUT2D eigenvalue weighted by Crippen LogP contribution is -2.32. The number of aromatic nitrogens is 3. The predicted molar refractivity (Wildman–Crippen MR) is 84.9 cm³/mol. The van der Waals surface area contributed by atoms with Gasteiger partial charge in [-0.3, -0.25) is 9.48 Å². The van der Waals surface area contributed by atoms with Crippen LogP contribution in [0.3, 0.4) is 0 Å². The van der Waals surface area contributed by atoms with Crippen LogP contribution in [0.25, 0.3) is 0 Å². The SMILES string of the molecule is Cn1nncc1CC(=O)N1CCCC1c1ccc(Cl)c(Cl)c1. The average molecular weight is 339 g/mol. The summed E-state index contributed by atoms with van der Waals surface area (Å²) in [4.78, 5) is 14.5. The highest BCUT2D eigenvalue weighted by Crippen LogP contribution is 2.35.